The molecular formula is C16H22BrN. The molecule has 98 valence electrons. The predicted molar refractivity (Wildman–Crippen MR) is 79.9 cm³/mol. The third kappa shape index (κ3) is 2.50. The van der Waals surface area contributed by atoms with Gasteiger partial charge in [-0.3, -0.25) is 0 Å². The normalized spacial score (nSPS) is 24.6. The van der Waals surface area contributed by atoms with Crippen molar-refractivity contribution in [2.24, 2.45) is 5.41 Å². The van der Waals surface area contributed by atoms with E-state index in [0.29, 0.717) is 10.8 Å². The maximum Gasteiger partial charge on any atom is 0.0178 e. The lowest BCUT2D eigenvalue weighted by molar-refractivity contribution is 0.0559. The summed E-state index contributed by atoms with van der Waals surface area (Å²) in [5, 5.41) is 3.74. The van der Waals surface area contributed by atoms with Gasteiger partial charge in [-0.05, 0) is 48.8 Å². The second kappa shape index (κ2) is 4.35. The molecule has 0 heterocycles. The fraction of sp³-hybridized carbons (Fsp3) is 0.625. The molecule has 0 unspecified atom stereocenters. The van der Waals surface area contributed by atoms with E-state index in [1.54, 1.807) is 0 Å². The third-order valence-corrected chi connectivity index (χ3v) is 4.87. The zero-order valence-corrected chi connectivity index (χ0v) is 12.9. The Morgan fingerprint density at radius 3 is 2.56 bits per heavy atom. The largest absolute Gasteiger partial charge is 0.313 e. The van der Waals surface area contributed by atoms with Gasteiger partial charge in [0.2, 0.25) is 0 Å². The fourth-order valence-corrected chi connectivity index (χ4v) is 4.06. The third-order valence-electron chi connectivity index (χ3n) is 4.38. The first-order chi connectivity index (χ1) is 8.49. The van der Waals surface area contributed by atoms with Gasteiger partial charge < -0.3 is 5.32 Å². The van der Waals surface area contributed by atoms with Crippen molar-refractivity contribution in [2.45, 2.75) is 51.0 Å². The highest BCUT2D eigenvalue weighted by Gasteiger charge is 2.50. The first-order valence-electron chi connectivity index (χ1n) is 6.99. The molecule has 0 radical (unpaired) electrons. The average molecular weight is 308 g/mol. The molecule has 2 aliphatic carbocycles. The minimum atomic E-state index is 0.371. The van der Waals surface area contributed by atoms with Crippen molar-refractivity contribution in [2.75, 3.05) is 6.54 Å². The molecule has 2 aliphatic rings. The second-order valence-electron chi connectivity index (χ2n) is 6.96. The van der Waals surface area contributed by atoms with E-state index < -0.39 is 0 Å². The lowest BCUT2D eigenvalue weighted by atomic mass is 9.52. The van der Waals surface area contributed by atoms with Crippen LogP contribution in [0.4, 0.5) is 0 Å². The molecule has 18 heavy (non-hydrogen) atoms. The van der Waals surface area contributed by atoms with Crippen LogP contribution in [0.5, 0.6) is 0 Å². The molecule has 0 saturated heterocycles. The molecule has 2 saturated carbocycles. The molecule has 1 aromatic carbocycles. The van der Waals surface area contributed by atoms with E-state index in [2.05, 4.69) is 59.4 Å². The summed E-state index contributed by atoms with van der Waals surface area (Å²) in [7, 11) is 0. The number of nitrogens with one attached hydrogen (secondary N) is 1. The van der Waals surface area contributed by atoms with Crippen molar-refractivity contribution in [3.8, 4) is 0 Å². The summed E-state index contributed by atoms with van der Waals surface area (Å²) in [4.78, 5) is 0. The van der Waals surface area contributed by atoms with Crippen LogP contribution in [0.15, 0.2) is 28.7 Å². The highest BCUT2D eigenvalue weighted by atomic mass is 79.9. The smallest absolute Gasteiger partial charge is 0.0178 e. The number of hydrogen-bond acceptors (Lipinski definition) is 1. The molecule has 1 nitrogen and oxygen atoms in total. The average Bonchev–Trinajstić information content (AvgIpc) is 3.07. The highest BCUT2D eigenvalue weighted by Crippen LogP contribution is 2.55. The molecule has 1 aromatic rings. The van der Waals surface area contributed by atoms with Crippen LogP contribution in [0, 0.1) is 5.41 Å². The molecule has 0 amide bonds. The van der Waals surface area contributed by atoms with Crippen molar-refractivity contribution in [1.29, 1.82) is 0 Å². The van der Waals surface area contributed by atoms with E-state index in [-0.39, 0.29) is 0 Å². The summed E-state index contributed by atoms with van der Waals surface area (Å²) in [5.41, 5.74) is 2.38. The van der Waals surface area contributed by atoms with Gasteiger partial charge in [-0.15, -0.1) is 0 Å². The number of halogens is 1. The first kappa shape index (κ1) is 12.7. The summed E-state index contributed by atoms with van der Waals surface area (Å²) in [6.45, 7) is 5.93. The molecule has 3 rings (SSSR count). The van der Waals surface area contributed by atoms with Gasteiger partial charge in [-0.1, -0.05) is 41.9 Å². The molecule has 2 heteroatoms. The zero-order valence-electron chi connectivity index (χ0n) is 11.3. The summed E-state index contributed by atoms with van der Waals surface area (Å²) in [5.74, 6) is 0. The van der Waals surface area contributed by atoms with Crippen molar-refractivity contribution in [1.82, 2.24) is 5.32 Å². The van der Waals surface area contributed by atoms with E-state index in [9.17, 15) is 0 Å². The molecule has 0 atom stereocenters. The molecule has 1 N–H and O–H groups in total. The van der Waals surface area contributed by atoms with Crippen LogP contribution in [0.2, 0.25) is 0 Å². The van der Waals surface area contributed by atoms with Gasteiger partial charge in [0.05, 0.1) is 0 Å². The monoisotopic (exact) mass is 307 g/mol. The lowest BCUT2D eigenvalue weighted by Crippen LogP contribution is -2.52. The lowest BCUT2D eigenvalue weighted by Gasteiger charge is -2.54. The van der Waals surface area contributed by atoms with Gasteiger partial charge in [0.15, 0.2) is 0 Å². The van der Waals surface area contributed by atoms with E-state index in [1.165, 1.54) is 35.7 Å². The number of rotatable bonds is 4. The molecule has 2 fully saturated rings. The summed E-state index contributed by atoms with van der Waals surface area (Å²) in [6, 6.07) is 9.70. The van der Waals surface area contributed by atoms with Gasteiger partial charge in [-0.2, -0.15) is 0 Å². The van der Waals surface area contributed by atoms with Crippen LogP contribution < -0.4 is 5.32 Å². The Balaban J connectivity index is 1.80. The predicted octanol–water partition coefficient (Wildman–Crippen LogP) is 4.26. The minimum absolute atomic E-state index is 0.371. The summed E-state index contributed by atoms with van der Waals surface area (Å²) >= 11 is 3.61. The molecular weight excluding hydrogens is 286 g/mol. The second-order valence-corrected chi connectivity index (χ2v) is 7.88. The van der Waals surface area contributed by atoms with Crippen molar-refractivity contribution in [3.05, 3.63) is 34.3 Å². The summed E-state index contributed by atoms with van der Waals surface area (Å²) < 4.78 is 1.20. The quantitative estimate of drug-likeness (QED) is 0.876. The zero-order chi connectivity index (χ0) is 12.8. The van der Waals surface area contributed by atoms with Crippen molar-refractivity contribution in [3.63, 3.8) is 0 Å². The Morgan fingerprint density at radius 2 is 2.00 bits per heavy atom. The van der Waals surface area contributed by atoms with Crippen molar-refractivity contribution >= 4 is 15.9 Å². The van der Waals surface area contributed by atoms with Crippen LogP contribution >= 0.6 is 15.9 Å². The van der Waals surface area contributed by atoms with Crippen LogP contribution in [0.3, 0.4) is 0 Å². The van der Waals surface area contributed by atoms with Crippen LogP contribution in [0.1, 0.15) is 45.1 Å². The van der Waals surface area contributed by atoms with E-state index in [1.807, 2.05) is 0 Å². The molecule has 0 bridgehead atoms. The number of hydrogen-bond donors (Lipinski definition) is 1. The van der Waals surface area contributed by atoms with Crippen molar-refractivity contribution < 1.29 is 0 Å². The van der Waals surface area contributed by atoms with E-state index >= 15 is 0 Å². The van der Waals surface area contributed by atoms with Crippen LogP contribution in [-0.2, 0) is 5.41 Å². The Labute approximate surface area is 118 Å². The Hall–Kier alpha value is -0.340. The van der Waals surface area contributed by atoms with Gasteiger partial charge >= 0.3 is 0 Å². The fourth-order valence-electron chi connectivity index (χ4n) is 3.66. The Kier molecular flexibility index (Phi) is 3.06. The Morgan fingerprint density at radius 1 is 1.28 bits per heavy atom. The molecule has 0 aromatic heterocycles. The topological polar surface area (TPSA) is 12.0 Å². The van der Waals surface area contributed by atoms with Crippen LogP contribution in [0.25, 0.3) is 0 Å². The highest BCUT2D eigenvalue weighted by molar-refractivity contribution is 9.10. The van der Waals surface area contributed by atoms with Gasteiger partial charge in [0.25, 0.3) is 0 Å². The number of benzene rings is 1. The SMILES string of the molecule is CC1(C)CC(CNC2CC2)(c2cccc(Br)c2)C1. The standard InChI is InChI=1S/C16H22BrN/c1-15(2)9-16(10-15,11-18-14-6-7-14)12-4-3-5-13(17)8-12/h3-5,8,14,18H,6-7,9-11H2,1-2H3. The maximum absolute atomic E-state index is 3.74. The van der Waals surface area contributed by atoms with Gasteiger partial charge in [0, 0.05) is 22.5 Å². The maximum atomic E-state index is 3.74. The molecule has 0 spiro atoms. The first-order valence-corrected chi connectivity index (χ1v) is 7.78. The van der Waals surface area contributed by atoms with E-state index in [0.717, 1.165) is 12.6 Å². The Bertz CT molecular complexity index is 440. The summed E-state index contributed by atoms with van der Waals surface area (Å²) in [6.07, 6.45) is 5.35. The van der Waals surface area contributed by atoms with Gasteiger partial charge in [0.1, 0.15) is 0 Å². The van der Waals surface area contributed by atoms with Crippen LogP contribution in [-0.4, -0.2) is 12.6 Å². The minimum Gasteiger partial charge on any atom is -0.313 e. The molecule has 0 aliphatic heterocycles. The van der Waals surface area contributed by atoms with Gasteiger partial charge in [-0.25, -0.2) is 0 Å². The van der Waals surface area contributed by atoms with E-state index in [4.69, 9.17) is 0 Å².